The van der Waals surface area contributed by atoms with Crippen LogP contribution in [0.4, 0.5) is 0 Å². The molecular formula is C18H27NO3. The van der Waals surface area contributed by atoms with Crippen LogP contribution in [0.3, 0.4) is 0 Å². The van der Waals surface area contributed by atoms with Gasteiger partial charge in [0, 0.05) is 6.54 Å². The molecule has 0 unspecified atom stereocenters. The van der Waals surface area contributed by atoms with E-state index in [0.29, 0.717) is 0 Å². The molecule has 4 heteroatoms. The number of carbonyl (C=O) groups excluding carboxylic acids is 1. The molecule has 1 aliphatic heterocycles. The van der Waals surface area contributed by atoms with Gasteiger partial charge in [-0.3, -0.25) is 4.79 Å². The molecule has 0 spiro atoms. The van der Waals surface area contributed by atoms with Gasteiger partial charge in [-0.15, -0.1) is 0 Å². The number of ether oxygens (including phenoxy) is 1. The van der Waals surface area contributed by atoms with Crippen LogP contribution in [0.25, 0.3) is 0 Å². The number of likely N-dealkylation sites (tertiary alicyclic amines) is 1. The van der Waals surface area contributed by atoms with Crippen molar-refractivity contribution in [3.05, 3.63) is 29.8 Å². The predicted octanol–water partition coefficient (Wildman–Crippen LogP) is 2.95. The molecule has 0 radical (unpaired) electrons. The smallest absolute Gasteiger partial charge is 0.230 e. The van der Waals surface area contributed by atoms with E-state index in [9.17, 15) is 9.90 Å². The third-order valence-electron chi connectivity index (χ3n) is 4.58. The maximum atomic E-state index is 13.0. The average molecular weight is 305 g/mol. The van der Waals surface area contributed by atoms with Crippen molar-refractivity contribution < 1.29 is 14.6 Å². The summed E-state index contributed by atoms with van der Waals surface area (Å²) in [6.07, 6.45) is 2.58. The standard InChI is InChI=1S/C18H27NO3/c1-5-15(13-8-10-14(22-4)11-9-13)17(20)19-12-6-7-16(19)18(2,3)21/h8-11,15-16,21H,5-7,12H2,1-4H3/t15-,16-/m1/s1. The number of rotatable bonds is 5. The molecule has 4 nitrogen and oxygen atoms in total. The molecule has 1 aromatic carbocycles. The van der Waals surface area contributed by atoms with E-state index in [1.807, 2.05) is 36.1 Å². The predicted molar refractivity (Wildman–Crippen MR) is 87.1 cm³/mol. The number of hydrogen-bond acceptors (Lipinski definition) is 3. The van der Waals surface area contributed by atoms with E-state index in [-0.39, 0.29) is 17.9 Å². The summed E-state index contributed by atoms with van der Waals surface area (Å²) in [7, 11) is 1.63. The fraction of sp³-hybridized carbons (Fsp3) is 0.611. The number of benzene rings is 1. The van der Waals surface area contributed by atoms with Gasteiger partial charge in [0.15, 0.2) is 0 Å². The maximum Gasteiger partial charge on any atom is 0.230 e. The molecule has 122 valence electrons. The number of aliphatic hydroxyl groups is 1. The van der Waals surface area contributed by atoms with E-state index in [0.717, 1.165) is 37.1 Å². The Kier molecular flexibility index (Phi) is 5.12. The van der Waals surface area contributed by atoms with Crippen molar-refractivity contribution in [2.45, 2.75) is 57.6 Å². The van der Waals surface area contributed by atoms with E-state index >= 15 is 0 Å². The third kappa shape index (κ3) is 3.43. The van der Waals surface area contributed by atoms with Crippen LogP contribution in [0, 0.1) is 0 Å². The van der Waals surface area contributed by atoms with Gasteiger partial charge in [0.25, 0.3) is 0 Å². The topological polar surface area (TPSA) is 49.8 Å². The van der Waals surface area contributed by atoms with Gasteiger partial charge in [-0.1, -0.05) is 19.1 Å². The lowest BCUT2D eigenvalue weighted by Crippen LogP contribution is -2.49. The highest BCUT2D eigenvalue weighted by Gasteiger charge is 2.40. The Morgan fingerprint density at radius 1 is 1.41 bits per heavy atom. The Hall–Kier alpha value is -1.55. The molecule has 0 aliphatic carbocycles. The van der Waals surface area contributed by atoms with Gasteiger partial charge in [-0.25, -0.2) is 0 Å². The summed E-state index contributed by atoms with van der Waals surface area (Å²) in [4.78, 5) is 14.8. The minimum Gasteiger partial charge on any atom is -0.497 e. The molecule has 1 aliphatic rings. The molecule has 0 aromatic heterocycles. The first-order valence-electron chi connectivity index (χ1n) is 8.05. The summed E-state index contributed by atoms with van der Waals surface area (Å²) in [6, 6.07) is 7.61. The van der Waals surface area contributed by atoms with Crippen molar-refractivity contribution in [2.75, 3.05) is 13.7 Å². The van der Waals surface area contributed by atoms with Crippen LogP contribution in [0.1, 0.15) is 51.5 Å². The monoisotopic (exact) mass is 305 g/mol. The maximum absolute atomic E-state index is 13.0. The van der Waals surface area contributed by atoms with Crippen molar-refractivity contribution in [3.8, 4) is 5.75 Å². The van der Waals surface area contributed by atoms with E-state index in [2.05, 4.69) is 0 Å². The second kappa shape index (κ2) is 6.69. The molecule has 1 N–H and O–H groups in total. The molecule has 1 saturated heterocycles. The molecule has 0 bridgehead atoms. The number of nitrogens with zero attached hydrogens (tertiary/aromatic N) is 1. The van der Waals surface area contributed by atoms with E-state index < -0.39 is 5.60 Å². The first-order valence-corrected chi connectivity index (χ1v) is 8.05. The van der Waals surface area contributed by atoms with Crippen LogP contribution in [-0.2, 0) is 4.79 Å². The Balaban J connectivity index is 2.20. The summed E-state index contributed by atoms with van der Waals surface area (Å²) in [5, 5.41) is 10.3. The first kappa shape index (κ1) is 16.8. The zero-order chi connectivity index (χ0) is 16.3. The van der Waals surface area contributed by atoms with E-state index in [1.54, 1.807) is 21.0 Å². The fourth-order valence-electron chi connectivity index (χ4n) is 3.35. The van der Waals surface area contributed by atoms with Crippen molar-refractivity contribution in [1.29, 1.82) is 0 Å². The third-order valence-corrected chi connectivity index (χ3v) is 4.58. The van der Waals surface area contributed by atoms with Crippen LogP contribution in [0.15, 0.2) is 24.3 Å². The largest absolute Gasteiger partial charge is 0.497 e. The van der Waals surface area contributed by atoms with Crippen molar-refractivity contribution >= 4 is 5.91 Å². The molecule has 0 saturated carbocycles. The molecule has 2 atom stereocenters. The molecule has 1 heterocycles. The molecule has 1 aromatic rings. The lowest BCUT2D eigenvalue weighted by molar-refractivity contribution is -0.138. The molecule has 1 fully saturated rings. The van der Waals surface area contributed by atoms with Gasteiger partial charge in [-0.2, -0.15) is 0 Å². The Morgan fingerprint density at radius 3 is 2.55 bits per heavy atom. The van der Waals surface area contributed by atoms with E-state index in [4.69, 9.17) is 4.74 Å². The molecular weight excluding hydrogens is 278 g/mol. The van der Waals surface area contributed by atoms with Crippen LogP contribution in [0.5, 0.6) is 5.75 Å². The minimum absolute atomic E-state index is 0.0905. The average Bonchev–Trinajstić information content (AvgIpc) is 2.98. The lowest BCUT2D eigenvalue weighted by atomic mass is 9.92. The normalized spacial score (nSPS) is 20.0. The quantitative estimate of drug-likeness (QED) is 0.910. The Bertz CT molecular complexity index is 504. The van der Waals surface area contributed by atoms with Crippen LogP contribution < -0.4 is 4.74 Å². The minimum atomic E-state index is -0.857. The number of hydrogen-bond donors (Lipinski definition) is 1. The van der Waals surface area contributed by atoms with Crippen LogP contribution >= 0.6 is 0 Å². The van der Waals surface area contributed by atoms with Crippen LogP contribution in [-0.4, -0.2) is 41.2 Å². The van der Waals surface area contributed by atoms with Gasteiger partial charge >= 0.3 is 0 Å². The second-order valence-corrected chi connectivity index (χ2v) is 6.58. The number of carbonyl (C=O) groups is 1. The summed E-state index contributed by atoms with van der Waals surface area (Å²) in [6.45, 7) is 6.34. The fourth-order valence-corrected chi connectivity index (χ4v) is 3.35. The highest BCUT2D eigenvalue weighted by Crippen LogP contribution is 2.32. The summed E-state index contributed by atoms with van der Waals surface area (Å²) in [5.74, 6) is 0.757. The Morgan fingerprint density at radius 2 is 2.05 bits per heavy atom. The zero-order valence-corrected chi connectivity index (χ0v) is 14.0. The summed E-state index contributed by atoms with van der Waals surface area (Å²) in [5.41, 5.74) is 0.152. The van der Waals surface area contributed by atoms with Gasteiger partial charge in [0.2, 0.25) is 5.91 Å². The molecule has 1 amide bonds. The van der Waals surface area contributed by atoms with Crippen molar-refractivity contribution in [2.24, 2.45) is 0 Å². The lowest BCUT2D eigenvalue weighted by Gasteiger charge is -2.35. The molecule has 2 rings (SSSR count). The summed E-state index contributed by atoms with van der Waals surface area (Å²) >= 11 is 0. The van der Waals surface area contributed by atoms with E-state index in [1.165, 1.54) is 0 Å². The Labute approximate surface area is 133 Å². The SMILES string of the molecule is CC[C@@H](C(=O)N1CCC[C@@H]1C(C)(C)O)c1ccc(OC)cc1. The van der Waals surface area contributed by atoms with Gasteiger partial charge < -0.3 is 14.7 Å². The van der Waals surface area contributed by atoms with Crippen molar-refractivity contribution in [3.63, 3.8) is 0 Å². The second-order valence-electron chi connectivity index (χ2n) is 6.58. The number of amides is 1. The zero-order valence-electron chi connectivity index (χ0n) is 14.0. The van der Waals surface area contributed by atoms with Gasteiger partial charge in [0.1, 0.15) is 5.75 Å². The highest BCUT2D eigenvalue weighted by atomic mass is 16.5. The highest BCUT2D eigenvalue weighted by molar-refractivity contribution is 5.84. The van der Waals surface area contributed by atoms with Gasteiger partial charge in [-0.05, 0) is 50.8 Å². The molecule has 22 heavy (non-hydrogen) atoms. The van der Waals surface area contributed by atoms with Crippen molar-refractivity contribution in [1.82, 2.24) is 4.90 Å². The first-order chi connectivity index (χ1) is 10.4. The van der Waals surface area contributed by atoms with Crippen LogP contribution in [0.2, 0.25) is 0 Å². The summed E-state index contributed by atoms with van der Waals surface area (Å²) < 4.78 is 5.18. The number of methoxy groups -OCH3 is 1. The van der Waals surface area contributed by atoms with Gasteiger partial charge in [0.05, 0.1) is 24.7 Å².